The minimum atomic E-state index is -4.57. The summed E-state index contributed by atoms with van der Waals surface area (Å²) in [6, 6.07) is 2.65. The van der Waals surface area contributed by atoms with Crippen LogP contribution in [0, 0.1) is 0 Å². The van der Waals surface area contributed by atoms with Crippen molar-refractivity contribution in [2.24, 2.45) is 5.73 Å². The van der Waals surface area contributed by atoms with Crippen molar-refractivity contribution in [3.63, 3.8) is 0 Å². The SMILES string of the molecule is NCC(C(=O)O)c1cc(Cl)cc(C(F)(F)F)c1. The van der Waals surface area contributed by atoms with Crippen LogP contribution < -0.4 is 5.73 Å². The third-order valence-corrected chi connectivity index (χ3v) is 2.40. The quantitative estimate of drug-likeness (QED) is 0.884. The molecule has 3 N–H and O–H groups in total. The smallest absolute Gasteiger partial charge is 0.416 e. The van der Waals surface area contributed by atoms with Gasteiger partial charge in [-0.1, -0.05) is 11.6 Å². The molecule has 0 radical (unpaired) electrons. The lowest BCUT2D eigenvalue weighted by molar-refractivity contribution is -0.140. The molecule has 0 heterocycles. The Balaban J connectivity index is 3.26. The topological polar surface area (TPSA) is 63.3 Å². The van der Waals surface area contributed by atoms with E-state index in [9.17, 15) is 18.0 Å². The van der Waals surface area contributed by atoms with E-state index < -0.39 is 23.6 Å². The Kier molecular flexibility index (Phi) is 4.00. The molecule has 0 saturated heterocycles. The van der Waals surface area contributed by atoms with E-state index in [1.54, 1.807) is 0 Å². The molecule has 0 aromatic heterocycles. The van der Waals surface area contributed by atoms with E-state index in [0.29, 0.717) is 0 Å². The number of nitrogens with two attached hydrogens (primary N) is 1. The van der Waals surface area contributed by atoms with Crippen LogP contribution in [0.5, 0.6) is 0 Å². The van der Waals surface area contributed by atoms with Gasteiger partial charge in [0.2, 0.25) is 0 Å². The lowest BCUT2D eigenvalue weighted by Gasteiger charge is -2.14. The Bertz CT molecular complexity index is 434. The Morgan fingerprint density at radius 2 is 2.00 bits per heavy atom. The lowest BCUT2D eigenvalue weighted by Crippen LogP contribution is -2.21. The molecule has 1 aromatic rings. The number of hydrogen-bond donors (Lipinski definition) is 2. The van der Waals surface area contributed by atoms with Crippen LogP contribution in [0.25, 0.3) is 0 Å². The molecule has 0 spiro atoms. The van der Waals surface area contributed by atoms with E-state index in [1.807, 2.05) is 0 Å². The monoisotopic (exact) mass is 267 g/mol. The highest BCUT2D eigenvalue weighted by Crippen LogP contribution is 2.33. The summed E-state index contributed by atoms with van der Waals surface area (Å²) in [7, 11) is 0. The lowest BCUT2D eigenvalue weighted by atomic mass is 9.97. The zero-order chi connectivity index (χ0) is 13.2. The van der Waals surface area contributed by atoms with Crippen molar-refractivity contribution in [2.75, 3.05) is 6.54 Å². The molecule has 3 nitrogen and oxygen atoms in total. The third-order valence-electron chi connectivity index (χ3n) is 2.18. The summed E-state index contributed by atoms with van der Waals surface area (Å²) in [6.07, 6.45) is -4.57. The average molecular weight is 268 g/mol. The standard InChI is InChI=1S/C10H9ClF3NO2/c11-7-2-5(8(4-15)9(16)17)1-6(3-7)10(12,13)14/h1-3,8H,4,15H2,(H,16,17). The van der Waals surface area contributed by atoms with Crippen LogP contribution in [0.3, 0.4) is 0 Å². The minimum Gasteiger partial charge on any atom is -0.481 e. The van der Waals surface area contributed by atoms with Gasteiger partial charge in [0.05, 0.1) is 11.5 Å². The largest absolute Gasteiger partial charge is 0.481 e. The molecule has 1 atom stereocenters. The first-order valence-corrected chi connectivity index (χ1v) is 4.94. The van der Waals surface area contributed by atoms with Gasteiger partial charge in [0, 0.05) is 11.6 Å². The van der Waals surface area contributed by atoms with Gasteiger partial charge in [-0.3, -0.25) is 4.79 Å². The van der Waals surface area contributed by atoms with E-state index in [0.717, 1.165) is 12.1 Å². The minimum absolute atomic E-state index is 0.0557. The molecule has 17 heavy (non-hydrogen) atoms. The average Bonchev–Trinajstić information content (AvgIpc) is 2.15. The number of alkyl halides is 3. The predicted molar refractivity (Wildman–Crippen MR) is 55.9 cm³/mol. The number of carboxylic acid groups (broad SMARTS) is 1. The molecule has 0 fully saturated rings. The highest BCUT2D eigenvalue weighted by atomic mass is 35.5. The third kappa shape index (κ3) is 3.34. The van der Waals surface area contributed by atoms with Crippen molar-refractivity contribution in [3.8, 4) is 0 Å². The second-order valence-corrected chi connectivity index (χ2v) is 3.83. The van der Waals surface area contributed by atoms with Gasteiger partial charge in [0.25, 0.3) is 0 Å². The maximum Gasteiger partial charge on any atom is 0.416 e. The first kappa shape index (κ1) is 13.8. The summed E-state index contributed by atoms with van der Waals surface area (Å²) >= 11 is 5.53. The van der Waals surface area contributed by atoms with Crippen molar-refractivity contribution in [1.82, 2.24) is 0 Å². The van der Waals surface area contributed by atoms with Gasteiger partial charge in [-0.25, -0.2) is 0 Å². The first-order valence-electron chi connectivity index (χ1n) is 4.56. The molecule has 94 valence electrons. The van der Waals surface area contributed by atoms with Crippen LogP contribution in [0.15, 0.2) is 18.2 Å². The van der Waals surface area contributed by atoms with Crippen LogP contribution >= 0.6 is 11.6 Å². The highest BCUT2D eigenvalue weighted by molar-refractivity contribution is 6.30. The number of carboxylic acids is 1. The number of halogens is 4. The van der Waals surface area contributed by atoms with E-state index in [-0.39, 0.29) is 17.1 Å². The molecular formula is C10H9ClF3NO2. The fraction of sp³-hybridized carbons (Fsp3) is 0.300. The summed E-state index contributed by atoms with van der Waals surface area (Å²) < 4.78 is 37.4. The molecule has 1 unspecified atom stereocenters. The number of aliphatic carboxylic acids is 1. The molecule has 0 aliphatic heterocycles. The van der Waals surface area contributed by atoms with Gasteiger partial charge >= 0.3 is 12.1 Å². The second-order valence-electron chi connectivity index (χ2n) is 3.40. The van der Waals surface area contributed by atoms with Crippen molar-refractivity contribution >= 4 is 17.6 Å². The first-order chi connectivity index (χ1) is 7.75. The molecule has 0 saturated carbocycles. The van der Waals surface area contributed by atoms with E-state index in [4.69, 9.17) is 22.4 Å². The maximum atomic E-state index is 12.5. The summed E-state index contributed by atoms with van der Waals surface area (Å²) in [5, 5.41) is 8.64. The summed E-state index contributed by atoms with van der Waals surface area (Å²) in [5.74, 6) is -2.49. The Morgan fingerprint density at radius 1 is 1.41 bits per heavy atom. The van der Waals surface area contributed by atoms with Crippen LogP contribution in [0.2, 0.25) is 5.02 Å². The number of carbonyl (C=O) groups is 1. The summed E-state index contributed by atoms with van der Waals surface area (Å²) in [5.41, 5.74) is 4.17. The molecule has 0 bridgehead atoms. The van der Waals surface area contributed by atoms with Gasteiger partial charge in [0.1, 0.15) is 0 Å². The van der Waals surface area contributed by atoms with Gasteiger partial charge < -0.3 is 10.8 Å². The van der Waals surface area contributed by atoms with Crippen molar-refractivity contribution in [1.29, 1.82) is 0 Å². The zero-order valence-corrected chi connectivity index (χ0v) is 9.22. The van der Waals surface area contributed by atoms with Gasteiger partial charge in [-0.05, 0) is 23.8 Å². The van der Waals surface area contributed by atoms with E-state index in [2.05, 4.69) is 0 Å². The maximum absolute atomic E-state index is 12.5. The van der Waals surface area contributed by atoms with E-state index in [1.165, 1.54) is 6.07 Å². The molecular weight excluding hydrogens is 259 g/mol. The fourth-order valence-corrected chi connectivity index (χ4v) is 1.60. The number of hydrogen-bond acceptors (Lipinski definition) is 2. The second kappa shape index (κ2) is 4.93. The fourth-order valence-electron chi connectivity index (χ4n) is 1.36. The van der Waals surface area contributed by atoms with Crippen molar-refractivity contribution in [2.45, 2.75) is 12.1 Å². The number of benzene rings is 1. The zero-order valence-electron chi connectivity index (χ0n) is 8.46. The Labute approximate surface area is 100.0 Å². The predicted octanol–water partition coefficient (Wildman–Crippen LogP) is 2.49. The van der Waals surface area contributed by atoms with Crippen molar-refractivity contribution < 1.29 is 23.1 Å². The van der Waals surface area contributed by atoms with Crippen LogP contribution in [-0.2, 0) is 11.0 Å². The number of rotatable bonds is 3. The normalized spacial score (nSPS) is 13.5. The summed E-state index contributed by atoms with van der Waals surface area (Å²) in [6.45, 7) is -0.299. The molecule has 1 rings (SSSR count). The molecule has 7 heteroatoms. The highest BCUT2D eigenvalue weighted by Gasteiger charge is 2.32. The van der Waals surface area contributed by atoms with Crippen LogP contribution in [0.4, 0.5) is 13.2 Å². The van der Waals surface area contributed by atoms with Gasteiger partial charge in [-0.15, -0.1) is 0 Å². The van der Waals surface area contributed by atoms with Gasteiger partial charge in [0.15, 0.2) is 0 Å². The Hall–Kier alpha value is -1.27. The molecule has 0 aliphatic rings. The summed E-state index contributed by atoms with van der Waals surface area (Å²) in [4.78, 5) is 10.8. The molecule has 1 aromatic carbocycles. The van der Waals surface area contributed by atoms with Crippen LogP contribution in [-0.4, -0.2) is 17.6 Å². The molecule has 0 amide bonds. The van der Waals surface area contributed by atoms with Crippen molar-refractivity contribution in [3.05, 3.63) is 34.3 Å². The van der Waals surface area contributed by atoms with E-state index >= 15 is 0 Å². The van der Waals surface area contributed by atoms with Gasteiger partial charge in [-0.2, -0.15) is 13.2 Å². The van der Waals surface area contributed by atoms with Crippen LogP contribution in [0.1, 0.15) is 17.0 Å². The molecule has 0 aliphatic carbocycles. The Morgan fingerprint density at radius 3 is 2.41 bits per heavy atom.